The molecule has 0 aromatic heterocycles. The molecule has 1 fully saturated rings. The van der Waals surface area contributed by atoms with Crippen molar-refractivity contribution < 1.29 is 9.47 Å². The van der Waals surface area contributed by atoms with Crippen LogP contribution in [0.25, 0.3) is 0 Å². The van der Waals surface area contributed by atoms with Crippen molar-refractivity contribution in [2.45, 2.75) is 51.6 Å². The summed E-state index contributed by atoms with van der Waals surface area (Å²) in [7, 11) is 0. The Hall–Kier alpha value is -1.22. The fourth-order valence-corrected chi connectivity index (χ4v) is 3.16. The first-order valence-corrected chi connectivity index (χ1v) is 7.47. The molecule has 1 aromatic carbocycles. The Balaban J connectivity index is 1.54. The Morgan fingerprint density at radius 3 is 3.00 bits per heavy atom. The third-order valence-corrected chi connectivity index (χ3v) is 4.39. The highest BCUT2D eigenvalue weighted by Gasteiger charge is 2.20. The predicted molar refractivity (Wildman–Crippen MR) is 75.4 cm³/mol. The van der Waals surface area contributed by atoms with E-state index in [2.05, 4.69) is 24.4 Å². The van der Waals surface area contributed by atoms with Gasteiger partial charge < -0.3 is 14.8 Å². The SMILES string of the molecule is CCC1CCCC(NCc2ccc3c(c2)OCO3)C1. The van der Waals surface area contributed by atoms with Crippen LogP contribution in [0.15, 0.2) is 18.2 Å². The minimum Gasteiger partial charge on any atom is -0.454 e. The van der Waals surface area contributed by atoms with Gasteiger partial charge >= 0.3 is 0 Å². The molecule has 1 N–H and O–H groups in total. The molecular weight excluding hydrogens is 238 g/mol. The summed E-state index contributed by atoms with van der Waals surface area (Å²) in [5.41, 5.74) is 1.28. The summed E-state index contributed by atoms with van der Waals surface area (Å²) in [5, 5.41) is 3.70. The molecule has 1 heterocycles. The van der Waals surface area contributed by atoms with Crippen molar-refractivity contribution in [2.75, 3.05) is 6.79 Å². The van der Waals surface area contributed by atoms with E-state index in [1.54, 1.807) is 0 Å². The number of ether oxygens (including phenoxy) is 2. The van der Waals surface area contributed by atoms with Crippen LogP contribution in [0, 0.1) is 5.92 Å². The van der Waals surface area contributed by atoms with Crippen molar-refractivity contribution in [3.05, 3.63) is 23.8 Å². The highest BCUT2D eigenvalue weighted by atomic mass is 16.7. The zero-order valence-electron chi connectivity index (χ0n) is 11.7. The monoisotopic (exact) mass is 261 g/mol. The topological polar surface area (TPSA) is 30.5 Å². The van der Waals surface area contributed by atoms with E-state index in [1.807, 2.05) is 6.07 Å². The number of rotatable bonds is 4. The highest BCUT2D eigenvalue weighted by molar-refractivity contribution is 5.44. The van der Waals surface area contributed by atoms with Crippen LogP contribution in [0.2, 0.25) is 0 Å². The van der Waals surface area contributed by atoms with E-state index in [0.717, 1.165) is 24.0 Å². The quantitative estimate of drug-likeness (QED) is 0.900. The van der Waals surface area contributed by atoms with Crippen molar-refractivity contribution >= 4 is 0 Å². The Bertz CT molecular complexity index is 433. The minimum absolute atomic E-state index is 0.354. The summed E-state index contributed by atoms with van der Waals surface area (Å²) in [6.45, 7) is 3.59. The van der Waals surface area contributed by atoms with Crippen LogP contribution in [0.3, 0.4) is 0 Å². The van der Waals surface area contributed by atoms with E-state index in [-0.39, 0.29) is 0 Å². The van der Waals surface area contributed by atoms with E-state index in [0.29, 0.717) is 12.8 Å². The van der Waals surface area contributed by atoms with E-state index >= 15 is 0 Å². The molecule has 19 heavy (non-hydrogen) atoms. The maximum atomic E-state index is 5.42. The van der Waals surface area contributed by atoms with Gasteiger partial charge in [0.25, 0.3) is 0 Å². The van der Waals surface area contributed by atoms with Gasteiger partial charge in [0.2, 0.25) is 6.79 Å². The number of hydrogen-bond acceptors (Lipinski definition) is 3. The summed E-state index contributed by atoms with van der Waals surface area (Å²) >= 11 is 0. The first-order valence-electron chi connectivity index (χ1n) is 7.47. The molecule has 3 nitrogen and oxygen atoms in total. The summed E-state index contributed by atoms with van der Waals surface area (Å²) in [5.74, 6) is 2.67. The van der Waals surface area contributed by atoms with Crippen LogP contribution in [-0.2, 0) is 6.54 Å². The second kappa shape index (κ2) is 5.83. The van der Waals surface area contributed by atoms with E-state index < -0.39 is 0 Å². The molecule has 3 heteroatoms. The van der Waals surface area contributed by atoms with Crippen LogP contribution in [0.5, 0.6) is 11.5 Å². The lowest BCUT2D eigenvalue weighted by molar-refractivity contribution is 0.174. The Kier molecular flexibility index (Phi) is 3.92. The lowest BCUT2D eigenvalue weighted by Gasteiger charge is -2.29. The van der Waals surface area contributed by atoms with Crippen molar-refractivity contribution in [1.82, 2.24) is 5.32 Å². The van der Waals surface area contributed by atoms with Crippen LogP contribution >= 0.6 is 0 Å². The van der Waals surface area contributed by atoms with Crippen LogP contribution in [-0.4, -0.2) is 12.8 Å². The smallest absolute Gasteiger partial charge is 0.231 e. The van der Waals surface area contributed by atoms with Gasteiger partial charge in [-0.3, -0.25) is 0 Å². The largest absolute Gasteiger partial charge is 0.454 e. The summed E-state index contributed by atoms with van der Waals surface area (Å²) in [4.78, 5) is 0. The maximum absolute atomic E-state index is 5.42. The molecule has 0 saturated heterocycles. The molecule has 1 aliphatic carbocycles. The fourth-order valence-electron chi connectivity index (χ4n) is 3.16. The third kappa shape index (κ3) is 3.03. The average molecular weight is 261 g/mol. The number of fused-ring (bicyclic) bond motifs is 1. The van der Waals surface area contributed by atoms with Gasteiger partial charge in [-0.15, -0.1) is 0 Å². The van der Waals surface area contributed by atoms with Gasteiger partial charge in [0, 0.05) is 12.6 Å². The van der Waals surface area contributed by atoms with Gasteiger partial charge in [0.1, 0.15) is 0 Å². The molecule has 2 unspecified atom stereocenters. The predicted octanol–water partition coefficient (Wildman–Crippen LogP) is 3.47. The molecule has 3 rings (SSSR count). The zero-order valence-corrected chi connectivity index (χ0v) is 11.7. The lowest BCUT2D eigenvalue weighted by atomic mass is 9.84. The standard InChI is InChI=1S/C16H23NO2/c1-2-12-4-3-5-14(8-12)17-10-13-6-7-15-16(9-13)19-11-18-15/h6-7,9,12,14,17H,2-5,8,10-11H2,1H3. The van der Waals surface area contributed by atoms with Crippen molar-refractivity contribution in [3.63, 3.8) is 0 Å². The Morgan fingerprint density at radius 1 is 1.21 bits per heavy atom. The molecule has 1 saturated carbocycles. The Morgan fingerprint density at radius 2 is 2.11 bits per heavy atom. The number of hydrogen-bond donors (Lipinski definition) is 1. The highest BCUT2D eigenvalue weighted by Crippen LogP contribution is 2.32. The van der Waals surface area contributed by atoms with Crippen LogP contribution in [0.1, 0.15) is 44.6 Å². The van der Waals surface area contributed by atoms with Gasteiger partial charge in [0.05, 0.1) is 0 Å². The second-order valence-electron chi connectivity index (χ2n) is 5.71. The van der Waals surface area contributed by atoms with Crippen molar-refractivity contribution in [1.29, 1.82) is 0 Å². The molecular formula is C16H23NO2. The molecule has 104 valence electrons. The molecule has 0 radical (unpaired) electrons. The lowest BCUT2D eigenvalue weighted by Crippen LogP contribution is -2.33. The first-order chi connectivity index (χ1) is 9.35. The summed E-state index contributed by atoms with van der Waals surface area (Å²) < 4.78 is 10.7. The van der Waals surface area contributed by atoms with E-state index in [1.165, 1.54) is 37.7 Å². The molecule has 1 aliphatic heterocycles. The van der Waals surface area contributed by atoms with Crippen LogP contribution < -0.4 is 14.8 Å². The van der Waals surface area contributed by atoms with Crippen molar-refractivity contribution in [2.24, 2.45) is 5.92 Å². The number of nitrogens with one attached hydrogen (secondary N) is 1. The van der Waals surface area contributed by atoms with E-state index in [9.17, 15) is 0 Å². The third-order valence-electron chi connectivity index (χ3n) is 4.39. The normalized spacial score (nSPS) is 25.5. The van der Waals surface area contributed by atoms with Gasteiger partial charge in [-0.1, -0.05) is 32.3 Å². The summed E-state index contributed by atoms with van der Waals surface area (Å²) in [6, 6.07) is 6.91. The zero-order chi connectivity index (χ0) is 13.1. The van der Waals surface area contributed by atoms with E-state index in [4.69, 9.17) is 9.47 Å². The van der Waals surface area contributed by atoms with Gasteiger partial charge in [-0.25, -0.2) is 0 Å². The summed E-state index contributed by atoms with van der Waals surface area (Å²) in [6.07, 6.45) is 6.76. The average Bonchev–Trinajstić information content (AvgIpc) is 2.93. The van der Waals surface area contributed by atoms with Crippen LogP contribution in [0.4, 0.5) is 0 Å². The molecule has 2 atom stereocenters. The van der Waals surface area contributed by atoms with Gasteiger partial charge in [0.15, 0.2) is 11.5 Å². The van der Waals surface area contributed by atoms with Gasteiger partial charge in [-0.05, 0) is 36.5 Å². The molecule has 2 aliphatic rings. The molecule has 0 amide bonds. The molecule has 0 spiro atoms. The second-order valence-corrected chi connectivity index (χ2v) is 5.71. The fraction of sp³-hybridized carbons (Fsp3) is 0.625. The molecule has 0 bridgehead atoms. The van der Waals surface area contributed by atoms with Crippen molar-refractivity contribution in [3.8, 4) is 11.5 Å². The Labute approximate surface area is 115 Å². The minimum atomic E-state index is 0.354. The first kappa shape index (κ1) is 12.8. The molecule has 1 aromatic rings. The number of benzene rings is 1. The van der Waals surface area contributed by atoms with Gasteiger partial charge in [-0.2, -0.15) is 0 Å². The maximum Gasteiger partial charge on any atom is 0.231 e.